The fraction of sp³-hybridized carbons (Fsp3) is 0.206. The van der Waals surface area contributed by atoms with Crippen LogP contribution in [0, 0.1) is 0 Å². The number of imidazole rings is 1. The molecule has 7 nitrogen and oxygen atoms in total. The SMILES string of the molecule is O=C(O)C(F)(F)F.O=C(c1ccc(-c2nc3ccccc3n2Cc2ccccc2)cc1)N1CCCN(Cc2ccccc2)C1. The predicted octanol–water partition coefficient (Wildman–Crippen LogP) is 6.69. The second-order valence-corrected chi connectivity index (χ2v) is 10.5. The number of halogens is 3. The summed E-state index contributed by atoms with van der Waals surface area (Å²) in [6.45, 7) is 4.06. The minimum atomic E-state index is -5.08. The van der Waals surface area contributed by atoms with E-state index >= 15 is 0 Å². The Morgan fingerprint density at radius 2 is 1.32 bits per heavy atom. The van der Waals surface area contributed by atoms with E-state index in [9.17, 15) is 18.0 Å². The standard InChI is InChI=1S/C32H30N4O.C2HF3O2/c37-32(35-21-9-20-34(24-35)22-25-10-3-1-4-11-25)28-18-16-27(17-19-28)31-33-29-14-7-8-15-30(29)36(31)23-26-12-5-2-6-13-26;3-2(4,5)1(6)7/h1-8,10-19H,9,20-24H2;(H,6,7). The Morgan fingerprint density at radius 1 is 0.750 bits per heavy atom. The molecule has 0 atom stereocenters. The van der Waals surface area contributed by atoms with E-state index in [1.54, 1.807) is 0 Å². The summed E-state index contributed by atoms with van der Waals surface area (Å²) in [7, 11) is 0. The zero-order valence-corrected chi connectivity index (χ0v) is 23.8. The Kier molecular flexibility index (Phi) is 9.40. The van der Waals surface area contributed by atoms with Crippen LogP contribution < -0.4 is 0 Å². The van der Waals surface area contributed by atoms with Crippen molar-refractivity contribution in [2.45, 2.75) is 25.7 Å². The zero-order chi connectivity index (χ0) is 31.1. The summed E-state index contributed by atoms with van der Waals surface area (Å²) in [6.07, 6.45) is -4.10. The minimum Gasteiger partial charge on any atom is -0.475 e. The maximum Gasteiger partial charge on any atom is 0.490 e. The van der Waals surface area contributed by atoms with Crippen molar-refractivity contribution in [2.24, 2.45) is 0 Å². The molecule has 0 bridgehead atoms. The minimum absolute atomic E-state index is 0.0853. The number of rotatable bonds is 6. The molecule has 2 heterocycles. The van der Waals surface area contributed by atoms with Crippen molar-refractivity contribution in [3.05, 3.63) is 126 Å². The Labute approximate surface area is 252 Å². The zero-order valence-electron chi connectivity index (χ0n) is 23.8. The molecule has 0 aliphatic carbocycles. The van der Waals surface area contributed by atoms with Gasteiger partial charge in [-0.25, -0.2) is 9.78 Å². The number of aromatic nitrogens is 2. The summed E-state index contributed by atoms with van der Waals surface area (Å²) in [6, 6.07) is 37.1. The van der Waals surface area contributed by atoms with Crippen LogP contribution in [0.3, 0.4) is 0 Å². The fourth-order valence-corrected chi connectivity index (χ4v) is 5.17. The summed E-state index contributed by atoms with van der Waals surface area (Å²) in [5.41, 5.74) is 6.31. The molecule has 1 amide bonds. The number of hydrogen-bond donors (Lipinski definition) is 1. The predicted molar refractivity (Wildman–Crippen MR) is 162 cm³/mol. The van der Waals surface area contributed by atoms with Gasteiger partial charge in [0.2, 0.25) is 0 Å². The van der Waals surface area contributed by atoms with Gasteiger partial charge in [0.1, 0.15) is 5.82 Å². The van der Waals surface area contributed by atoms with Crippen molar-refractivity contribution in [2.75, 3.05) is 19.8 Å². The molecule has 0 saturated carbocycles. The lowest BCUT2D eigenvalue weighted by Crippen LogP contribution is -2.47. The fourth-order valence-electron chi connectivity index (χ4n) is 5.17. The number of para-hydroxylation sites is 2. The van der Waals surface area contributed by atoms with E-state index in [2.05, 4.69) is 76.2 Å². The van der Waals surface area contributed by atoms with Crippen LogP contribution in [0.5, 0.6) is 0 Å². The lowest BCUT2D eigenvalue weighted by molar-refractivity contribution is -0.192. The van der Waals surface area contributed by atoms with Crippen LogP contribution in [0.25, 0.3) is 22.4 Å². The summed E-state index contributed by atoms with van der Waals surface area (Å²) >= 11 is 0. The van der Waals surface area contributed by atoms with Crippen molar-refractivity contribution in [1.82, 2.24) is 19.4 Å². The molecule has 0 spiro atoms. The molecule has 5 aromatic rings. The molecule has 1 saturated heterocycles. The van der Waals surface area contributed by atoms with Gasteiger partial charge in [-0.1, -0.05) is 84.9 Å². The Hall–Kier alpha value is -4.96. The number of carboxylic acids is 1. The number of alkyl halides is 3. The van der Waals surface area contributed by atoms with E-state index in [-0.39, 0.29) is 5.91 Å². The van der Waals surface area contributed by atoms with Gasteiger partial charge in [-0.15, -0.1) is 0 Å². The van der Waals surface area contributed by atoms with Gasteiger partial charge in [0.15, 0.2) is 0 Å². The van der Waals surface area contributed by atoms with Gasteiger partial charge in [-0.3, -0.25) is 9.69 Å². The molecule has 10 heteroatoms. The molecule has 44 heavy (non-hydrogen) atoms. The molecule has 1 fully saturated rings. The normalized spacial score (nSPS) is 13.8. The number of aliphatic carboxylic acids is 1. The van der Waals surface area contributed by atoms with Gasteiger partial charge in [0.05, 0.1) is 17.7 Å². The quantitative estimate of drug-likeness (QED) is 0.235. The number of benzene rings is 4. The first-order chi connectivity index (χ1) is 21.2. The number of carboxylic acid groups (broad SMARTS) is 1. The molecule has 226 valence electrons. The second kappa shape index (κ2) is 13.6. The van der Waals surface area contributed by atoms with Gasteiger partial charge >= 0.3 is 12.1 Å². The van der Waals surface area contributed by atoms with Crippen LogP contribution in [0.15, 0.2) is 109 Å². The van der Waals surface area contributed by atoms with Gasteiger partial charge in [0.25, 0.3) is 5.91 Å². The summed E-state index contributed by atoms with van der Waals surface area (Å²) in [5, 5.41) is 7.12. The third kappa shape index (κ3) is 7.51. The van der Waals surface area contributed by atoms with Gasteiger partial charge in [-0.05, 0) is 41.8 Å². The number of hydrogen-bond acceptors (Lipinski definition) is 4. The Bertz CT molecular complexity index is 1710. The first kappa shape index (κ1) is 30.5. The monoisotopic (exact) mass is 600 g/mol. The van der Waals surface area contributed by atoms with Crippen LogP contribution in [-0.4, -0.2) is 62.3 Å². The van der Waals surface area contributed by atoms with Crippen LogP contribution in [-0.2, 0) is 17.9 Å². The van der Waals surface area contributed by atoms with Gasteiger partial charge in [-0.2, -0.15) is 13.2 Å². The van der Waals surface area contributed by atoms with Crippen molar-refractivity contribution in [3.8, 4) is 11.4 Å². The number of carbonyl (C=O) groups excluding carboxylic acids is 1. The topological polar surface area (TPSA) is 78.7 Å². The number of carbonyl (C=O) groups is 2. The summed E-state index contributed by atoms with van der Waals surface area (Å²) < 4.78 is 34.0. The molecule has 6 rings (SSSR count). The molecular weight excluding hydrogens is 569 g/mol. The Morgan fingerprint density at radius 3 is 1.93 bits per heavy atom. The number of fused-ring (bicyclic) bond motifs is 1. The highest BCUT2D eigenvalue weighted by molar-refractivity contribution is 5.94. The Balaban J connectivity index is 0.000000493. The molecular formula is C34H31F3N4O3. The average molecular weight is 601 g/mol. The van der Waals surface area contributed by atoms with Crippen LogP contribution >= 0.6 is 0 Å². The molecule has 1 aliphatic heterocycles. The van der Waals surface area contributed by atoms with Gasteiger partial charge in [0, 0.05) is 37.3 Å². The lowest BCUT2D eigenvalue weighted by atomic mass is 10.1. The van der Waals surface area contributed by atoms with Crippen molar-refractivity contribution < 1.29 is 27.9 Å². The first-order valence-corrected chi connectivity index (χ1v) is 14.1. The number of nitrogens with zero attached hydrogens (tertiary/aromatic N) is 4. The highest BCUT2D eigenvalue weighted by Gasteiger charge is 2.38. The second-order valence-electron chi connectivity index (χ2n) is 10.5. The number of amides is 1. The maximum atomic E-state index is 13.4. The van der Waals surface area contributed by atoms with Crippen LogP contribution in [0.2, 0.25) is 0 Å². The van der Waals surface area contributed by atoms with Crippen molar-refractivity contribution in [1.29, 1.82) is 0 Å². The third-order valence-corrected chi connectivity index (χ3v) is 7.28. The smallest absolute Gasteiger partial charge is 0.475 e. The van der Waals surface area contributed by atoms with E-state index in [0.717, 1.165) is 60.6 Å². The van der Waals surface area contributed by atoms with Crippen LogP contribution in [0.1, 0.15) is 27.9 Å². The van der Waals surface area contributed by atoms with Crippen LogP contribution in [0.4, 0.5) is 13.2 Å². The van der Waals surface area contributed by atoms with Gasteiger partial charge < -0.3 is 14.6 Å². The lowest BCUT2D eigenvalue weighted by Gasteiger charge is -2.35. The molecule has 0 unspecified atom stereocenters. The first-order valence-electron chi connectivity index (χ1n) is 14.1. The molecule has 1 aromatic heterocycles. The largest absolute Gasteiger partial charge is 0.490 e. The molecule has 1 aliphatic rings. The summed E-state index contributed by atoms with van der Waals surface area (Å²) in [5.74, 6) is -1.76. The average Bonchev–Trinajstić information content (AvgIpc) is 3.40. The van der Waals surface area contributed by atoms with E-state index in [1.807, 2.05) is 47.4 Å². The van der Waals surface area contributed by atoms with E-state index in [0.29, 0.717) is 6.67 Å². The highest BCUT2D eigenvalue weighted by Crippen LogP contribution is 2.27. The maximum absolute atomic E-state index is 13.4. The third-order valence-electron chi connectivity index (χ3n) is 7.28. The molecule has 4 aromatic carbocycles. The molecule has 0 radical (unpaired) electrons. The van der Waals surface area contributed by atoms with Crippen molar-refractivity contribution >= 4 is 22.9 Å². The van der Waals surface area contributed by atoms with E-state index in [1.165, 1.54) is 11.1 Å². The summed E-state index contributed by atoms with van der Waals surface area (Å²) in [4.78, 5) is 31.5. The molecule has 1 N–H and O–H groups in total. The van der Waals surface area contributed by atoms with E-state index < -0.39 is 12.1 Å². The van der Waals surface area contributed by atoms with E-state index in [4.69, 9.17) is 14.9 Å². The highest BCUT2D eigenvalue weighted by atomic mass is 19.4. The van der Waals surface area contributed by atoms with Crippen molar-refractivity contribution in [3.63, 3.8) is 0 Å².